The van der Waals surface area contributed by atoms with Crippen molar-refractivity contribution in [3.63, 3.8) is 0 Å². The Morgan fingerprint density at radius 2 is 1.36 bits per heavy atom. The van der Waals surface area contributed by atoms with Crippen molar-refractivity contribution < 1.29 is 4.79 Å². The highest BCUT2D eigenvalue weighted by Crippen LogP contribution is 2.32. The molecule has 0 saturated heterocycles. The van der Waals surface area contributed by atoms with E-state index in [4.69, 9.17) is 0 Å². The molecule has 1 saturated carbocycles. The predicted molar refractivity (Wildman–Crippen MR) is 118 cm³/mol. The number of carbonyl (C=O) groups excluding carboxylic acids is 1. The third-order valence-corrected chi connectivity index (χ3v) is 5.72. The Kier molecular flexibility index (Phi) is 5.82. The van der Waals surface area contributed by atoms with Crippen LogP contribution in [0.4, 0.5) is 0 Å². The zero-order valence-corrected chi connectivity index (χ0v) is 16.2. The molecule has 1 aliphatic rings. The lowest BCUT2D eigenvalue weighted by atomic mass is 9.84. The second-order valence-electron chi connectivity index (χ2n) is 7.64. The van der Waals surface area contributed by atoms with E-state index in [1.54, 1.807) is 6.08 Å². The Morgan fingerprint density at radius 3 is 2.04 bits per heavy atom. The topological polar surface area (TPSA) is 17.1 Å². The van der Waals surface area contributed by atoms with E-state index in [1.807, 2.05) is 48.5 Å². The van der Waals surface area contributed by atoms with Crippen LogP contribution in [0.3, 0.4) is 0 Å². The third-order valence-electron chi connectivity index (χ3n) is 5.72. The molecule has 0 atom stereocenters. The van der Waals surface area contributed by atoms with Crippen LogP contribution >= 0.6 is 0 Å². The Hall–Kier alpha value is -2.93. The average Bonchev–Trinajstić information content (AvgIpc) is 2.79. The van der Waals surface area contributed by atoms with Crippen molar-refractivity contribution in [2.75, 3.05) is 0 Å². The minimum atomic E-state index is 0.0379. The molecule has 0 amide bonds. The average molecular weight is 367 g/mol. The van der Waals surface area contributed by atoms with Gasteiger partial charge in [-0.1, -0.05) is 104 Å². The minimum Gasteiger partial charge on any atom is -0.289 e. The van der Waals surface area contributed by atoms with Crippen LogP contribution in [0.5, 0.6) is 0 Å². The van der Waals surface area contributed by atoms with E-state index < -0.39 is 0 Å². The molecule has 140 valence electrons. The summed E-state index contributed by atoms with van der Waals surface area (Å²) in [6, 6.07) is 26.8. The standard InChI is InChI=1S/C27H26O/c28-27(26-18-16-25(17-19-26)23-9-5-2-6-10-23)20-13-21-11-14-24(15-12-21)22-7-3-1-4-8-22/h2,5-6,9-20,22H,1,3-4,7-8H2/b20-13+. The molecule has 0 aliphatic heterocycles. The van der Waals surface area contributed by atoms with E-state index in [-0.39, 0.29) is 5.78 Å². The van der Waals surface area contributed by atoms with Crippen LogP contribution in [0.1, 0.15) is 59.5 Å². The summed E-state index contributed by atoms with van der Waals surface area (Å²) in [5, 5.41) is 0. The summed E-state index contributed by atoms with van der Waals surface area (Å²) < 4.78 is 0. The van der Waals surface area contributed by atoms with Gasteiger partial charge in [0, 0.05) is 5.56 Å². The number of hydrogen-bond acceptors (Lipinski definition) is 1. The molecule has 3 aromatic rings. The number of ketones is 1. The summed E-state index contributed by atoms with van der Waals surface area (Å²) in [4.78, 5) is 12.5. The monoisotopic (exact) mass is 366 g/mol. The molecule has 28 heavy (non-hydrogen) atoms. The van der Waals surface area contributed by atoms with Gasteiger partial charge in [-0.05, 0) is 47.1 Å². The molecule has 0 spiro atoms. The maximum Gasteiger partial charge on any atom is 0.185 e. The van der Waals surface area contributed by atoms with Gasteiger partial charge in [0.05, 0.1) is 0 Å². The molecule has 1 fully saturated rings. The largest absolute Gasteiger partial charge is 0.289 e. The molecule has 4 rings (SSSR count). The van der Waals surface area contributed by atoms with E-state index in [0.29, 0.717) is 0 Å². The number of allylic oxidation sites excluding steroid dienone is 1. The van der Waals surface area contributed by atoms with Gasteiger partial charge in [0.2, 0.25) is 0 Å². The van der Waals surface area contributed by atoms with Gasteiger partial charge in [-0.3, -0.25) is 4.79 Å². The van der Waals surface area contributed by atoms with Crippen LogP contribution in [0.2, 0.25) is 0 Å². The summed E-state index contributed by atoms with van der Waals surface area (Å²) in [5.41, 5.74) is 5.53. The normalized spacial score (nSPS) is 15.0. The van der Waals surface area contributed by atoms with Crippen molar-refractivity contribution >= 4 is 11.9 Å². The van der Waals surface area contributed by atoms with Gasteiger partial charge >= 0.3 is 0 Å². The maximum atomic E-state index is 12.5. The van der Waals surface area contributed by atoms with Gasteiger partial charge in [0.25, 0.3) is 0 Å². The molecule has 0 unspecified atom stereocenters. The smallest absolute Gasteiger partial charge is 0.185 e. The van der Waals surface area contributed by atoms with Crippen LogP contribution < -0.4 is 0 Å². The van der Waals surface area contributed by atoms with Gasteiger partial charge in [0.1, 0.15) is 0 Å². The SMILES string of the molecule is O=C(/C=C/c1ccc(C2CCCCC2)cc1)c1ccc(-c2ccccc2)cc1. The van der Waals surface area contributed by atoms with Crippen LogP contribution in [0.15, 0.2) is 84.9 Å². The van der Waals surface area contributed by atoms with E-state index in [9.17, 15) is 4.79 Å². The maximum absolute atomic E-state index is 12.5. The predicted octanol–water partition coefficient (Wildman–Crippen LogP) is 7.30. The highest BCUT2D eigenvalue weighted by atomic mass is 16.1. The quantitative estimate of drug-likeness (QED) is 0.342. The molecule has 0 aromatic heterocycles. The fraction of sp³-hybridized carbons (Fsp3) is 0.222. The molecule has 0 N–H and O–H groups in total. The van der Waals surface area contributed by atoms with E-state index in [0.717, 1.165) is 28.2 Å². The second kappa shape index (κ2) is 8.84. The van der Waals surface area contributed by atoms with Crippen LogP contribution in [0.25, 0.3) is 17.2 Å². The van der Waals surface area contributed by atoms with Crippen molar-refractivity contribution in [3.8, 4) is 11.1 Å². The minimum absolute atomic E-state index is 0.0379. The number of rotatable bonds is 5. The molecule has 1 aliphatic carbocycles. The molecular weight excluding hydrogens is 340 g/mol. The molecule has 1 heteroatoms. The first-order valence-corrected chi connectivity index (χ1v) is 10.3. The first kappa shape index (κ1) is 18.4. The van der Waals surface area contributed by atoms with Crippen molar-refractivity contribution in [2.45, 2.75) is 38.0 Å². The molecule has 3 aromatic carbocycles. The van der Waals surface area contributed by atoms with Crippen molar-refractivity contribution in [1.29, 1.82) is 0 Å². The molecular formula is C27H26O. The summed E-state index contributed by atoms with van der Waals surface area (Å²) in [6.45, 7) is 0. The first-order chi connectivity index (χ1) is 13.8. The van der Waals surface area contributed by atoms with Gasteiger partial charge in [-0.2, -0.15) is 0 Å². The van der Waals surface area contributed by atoms with Gasteiger partial charge in [-0.25, -0.2) is 0 Å². The molecule has 0 radical (unpaired) electrons. The molecule has 1 nitrogen and oxygen atoms in total. The van der Waals surface area contributed by atoms with Crippen molar-refractivity contribution in [1.82, 2.24) is 0 Å². The zero-order valence-electron chi connectivity index (χ0n) is 16.2. The second-order valence-corrected chi connectivity index (χ2v) is 7.64. The Balaban J connectivity index is 1.41. The fourth-order valence-corrected chi connectivity index (χ4v) is 4.04. The van der Waals surface area contributed by atoms with Crippen LogP contribution in [0, 0.1) is 0 Å². The highest BCUT2D eigenvalue weighted by molar-refractivity contribution is 6.07. The van der Waals surface area contributed by atoms with E-state index >= 15 is 0 Å². The zero-order chi connectivity index (χ0) is 19.2. The lowest BCUT2D eigenvalue weighted by Gasteiger charge is -2.21. The number of benzene rings is 3. The summed E-state index contributed by atoms with van der Waals surface area (Å²) in [6.07, 6.45) is 10.3. The Morgan fingerprint density at radius 1 is 0.714 bits per heavy atom. The lowest BCUT2D eigenvalue weighted by molar-refractivity contribution is 0.104. The first-order valence-electron chi connectivity index (χ1n) is 10.3. The van der Waals surface area contributed by atoms with Gasteiger partial charge < -0.3 is 0 Å². The van der Waals surface area contributed by atoms with E-state index in [1.165, 1.54) is 37.7 Å². The summed E-state index contributed by atoms with van der Waals surface area (Å²) >= 11 is 0. The number of carbonyl (C=O) groups is 1. The van der Waals surface area contributed by atoms with Crippen LogP contribution in [-0.4, -0.2) is 5.78 Å². The Labute approximate surface area is 167 Å². The summed E-state index contributed by atoms with van der Waals surface area (Å²) in [7, 11) is 0. The number of hydrogen-bond donors (Lipinski definition) is 0. The van der Waals surface area contributed by atoms with Gasteiger partial charge in [0.15, 0.2) is 5.78 Å². The lowest BCUT2D eigenvalue weighted by Crippen LogP contribution is -2.04. The van der Waals surface area contributed by atoms with Gasteiger partial charge in [-0.15, -0.1) is 0 Å². The van der Waals surface area contributed by atoms with Crippen LogP contribution in [-0.2, 0) is 0 Å². The highest BCUT2D eigenvalue weighted by Gasteiger charge is 2.14. The fourth-order valence-electron chi connectivity index (χ4n) is 4.04. The third kappa shape index (κ3) is 4.48. The van der Waals surface area contributed by atoms with Crippen molar-refractivity contribution in [2.24, 2.45) is 0 Å². The van der Waals surface area contributed by atoms with E-state index in [2.05, 4.69) is 36.4 Å². The molecule has 0 bridgehead atoms. The Bertz CT molecular complexity index is 928. The summed E-state index contributed by atoms with van der Waals surface area (Å²) in [5.74, 6) is 0.757. The van der Waals surface area contributed by atoms with Crippen molar-refractivity contribution in [3.05, 3.63) is 102 Å². The molecule has 0 heterocycles.